The molecule has 1 unspecified atom stereocenters. The quantitative estimate of drug-likeness (QED) is 0.821. The lowest BCUT2D eigenvalue weighted by Gasteiger charge is -2.12. The zero-order chi connectivity index (χ0) is 11.3. The van der Waals surface area contributed by atoms with Gasteiger partial charge in [-0.2, -0.15) is 5.26 Å². The fraction of sp³-hybridized carbons (Fsp3) is 0.273. The summed E-state index contributed by atoms with van der Waals surface area (Å²) in [6.07, 6.45) is -0.181. The molecular weight excluding hydrogens is 195 g/mol. The van der Waals surface area contributed by atoms with Crippen LogP contribution in [0.25, 0.3) is 0 Å². The molecule has 3 nitrogen and oxygen atoms in total. The average molecular weight is 206 g/mol. The topological polar surface area (TPSA) is 52.9 Å². The standard InChI is InChI=1S/C11H11FN2O/c1-8(14-11(15)5-6-13)9-3-2-4-10(12)7-9/h2-4,7-8H,5H2,1H3,(H,14,15). The Morgan fingerprint density at radius 1 is 1.67 bits per heavy atom. The Morgan fingerprint density at radius 3 is 3.00 bits per heavy atom. The normalized spacial score (nSPS) is 11.5. The zero-order valence-corrected chi connectivity index (χ0v) is 8.33. The van der Waals surface area contributed by atoms with Crippen LogP contribution in [-0.4, -0.2) is 5.91 Å². The summed E-state index contributed by atoms with van der Waals surface area (Å²) in [4.78, 5) is 11.1. The lowest BCUT2D eigenvalue weighted by molar-refractivity contribution is -0.120. The van der Waals surface area contributed by atoms with Gasteiger partial charge in [-0.05, 0) is 24.6 Å². The van der Waals surface area contributed by atoms with Crippen molar-refractivity contribution in [3.63, 3.8) is 0 Å². The van der Waals surface area contributed by atoms with Crippen molar-refractivity contribution in [1.29, 1.82) is 5.26 Å². The summed E-state index contributed by atoms with van der Waals surface area (Å²) in [6, 6.07) is 7.46. The molecule has 1 amide bonds. The number of rotatable bonds is 3. The van der Waals surface area contributed by atoms with E-state index in [1.165, 1.54) is 12.1 Å². The Labute approximate surface area is 87.5 Å². The van der Waals surface area contributed by atoms with Gasteiger partial charge in [0.2, 0.25) is 5.91 Å². The summed E-state index contributed by atoms with van der Waals surface area (Å²) in [7, 11) is 0. The molecule has 0 aliphatic carbocycles. The van der Waals surface area contributed by atoms with Gasteiger partial charge in [-0.15, -0.1) is 0 Å². The van der Waals surface area contributed by atoms with Gasteiger partial charge in [0.25, 0.3) is 0 Å². The van der Waals surface area contributed by atoms with Gasteiger partial charge in [-0.1, -0.05) is 12.1 Å². The van der Waals surface area contributed by atoms with E-state index in [0.717, 1.165) is 0 Å². The van der Waals surface area contributed by atoms with Gasteiger partial charge in [-0.25, -0.2) is 4.39 Å². The highest BCUT2D eigenvalue weighted by molar-refractivity contribution is 5.78. The Morgan fingerprint density at radius 2 is 2.40 bits per heavy atom. The minimum absolute atomic E-state index is 0.181. The van der Waals surface area contributed by atoms with Crippen molar-refractivity contribution in [2.75, 3.05) is 0 Å². The second kappa shape index (κ2) is 5.11. The van der Waals surface area contributed by atoms with Crippen LogP contribution in [0, 0.1) is 17.1 Å². The number of nitriles is 1. The fourth-order valence-electron chi connectivity index (χ4n) is 1.22. The van der Waals surface area contributed by atoms with Gasteiger partial charge in [0.1, 0.15) is 12.2 Å². The highest BCUT2D eigenvalue weighted by Crippen LogP contribution is 2.13. The first kappa shape index (κ1) is 11.2. The monoisotopic (exact) mass is 206 g/mol. The van der Waals surface area contributed by atoms with E-state index in [0.29, 0.717) is 5.56 Å². The molecule has 0 saturated carbocycles. The SMILES string of the molecule is CC(NC(=O)CC#N)c1cccc(F)c1. The molecule has 0 aromatic heterocycles. The summed E-state index contributed by atoms with van der Waals surface area (Å²) in [5, 5.41) is 10.9. The molecular formula is C11H11FN2O. The highest BCUT2D eigenvalue weighted by atomic mass is 19.1. The van der Waals surface area contributed by atoms with Crippen LogP contribution in [0.4, 0.5) is 4.39 Å². The Hall–Kier alpha value is -1.89. The predicted molar refractivity (Wildman–Crippen MR) is 53.2 cm³/mol. The Balaban J connectivity index is 2.65. The van der Waals surface area contributed by atoms with E-state index < -0.39 is 0 Å². The summed E-state index contributed by atoms with van der Waals surface area (Å²) < 4.78 is 12.8. The minimum Gasteiger partial charge on any atom is -0.349 e. The van der Waals surface area contributed by atoms with Crippen LogP contribution in [0.2, 0.25) is 0 Å². The van der Waals surface area contributed by atoms with Crippen LogP contribution >= 0.6 is 0 Å². The van der Waals surface area contributed by atoms with Crippen molar-refractivity contribution in [3.8, 4) is 6.07 Å². The molecule has 78 valence electrons. The molecule has 0 aliphatic rings. The maximum absolute atomic E-state index is 12.8. The molecule has 0 spiro atoms. The third kappa shape index (κ3) is 3.39. The number of carbonyl (C=O) groups excluding carboxylic acids is 1. The first-order valence-corrected chi connectivity index (χ1v) is 4.55. The van der Waals surface area contributed by atoms with Crippen LogP contribution in [0.1, 0.15) is 24.9 Å². The number of hydrogen-bond acceptors (Lipinski definition) is 2. The number of carbonyl (C=O) groups is 1. The average Bonchev–Trinajstić information content (AvgIpc) is 2.18. The molecule has 0 bridgehead atoms. The van der Waals surface area contributed by atoms with Gasteiger partial charge >= 0.3 is 0 Å². The zero-order valence-electron chi connectivity index (χ0n) is 8.33. The van der Waals surface area contributed by atoms with Crippen LogP contribution in [0.3, 0.4) is 0 Å². The molecule has 0 saturated heterocycles. The molecule has 1 atom stereocenters. The maximum Gasteiger partial charge on any atom is 0.234 e. The number of benzene rings is 1. The number of amides is 1. The van der Waals surface area contributed by atoms with Gasteiger partial charge < -0.3 is 5.32 Å². The summed E-state index contributed by atoms with van der Waals surface area (Å²) in [5.74, 6) is -0.692. The summed E-state index contributed by atoms with van der Waals surface area (Å²) in [6.45, 7) is 1.74. The van der Waals surface area contributed by atoms with E-state index in [1.54, 1.807) is 25.1 Å². The van der Waals surface area contributed by atoms with E-state index in [2.05, 4.69) is 5.32 Å². The van der Waals surface area contributed by atoms with Gasteiger partial charge in [0, 0.05) is 0 Å². The number of halogens is 1. The van der Waals surface area contributed by atoms with Crippen LogP contribution in [-0.2, 0) is 4.79 Å². The van der Waals surface area contributed by atoms with Gasteiger partial charge in [0.05, 0.1) is 12.1 Å². The molecule has 1 aromatic rings. The number of hydrogen-bond donors (Lipinski definition) is 1. The lowest BCUT2D eigenvalue weighted by Crippen LogP contribution is -2.25. The molecule has 1 rings (SSSR count). The molecule has 1 aromatic carbocycles. The Bertz CT molecular complexity index is 398. The highest BCUT2D eigenvalue weighted by Gasteiger charge is 2.09. The molecule has 0 radical (unpaired) electrons. The van der Waals surface area contributed by atoms with Crippen molar-refractivity contribution in [1.82, 2.24) is 5.32 Å². The Kier molecular flexibility index (Phi) is 3.81. The molecule has 1 N–H and O–H groups in total. The lowest BCUT2D eigenvalue weighted by atomic mass is 10.1. The van der Waals surface area contributed by atoms with E-state index in [-0.39, 0.29) is 24.2 Å². The minimum atomic E-state index is -0.353. The molecule has 0 heterocycles. The second-order valence-electron chi connectivity index (χ2n) is 3.18. The number of nitrogens with zero attached hydrogens (tertiary/aromatic N) is 1. The largest absolute Gasteiger partial charge is 0.349 e. The predicted octanol–water partition coefficient (Wildman–Crippen LogP) is 1.92. The van der Waals surface area contributed by atoms with Crippen LogP contribution in [0.5, 0.6) is 0 Å². The van der Waals surface area contributed by atoms with Crippen molar-refractivity contribution >= 4 is 5.91 Å². The first-order valence-electron chi connectivity index (χ1n) is 4.55. The smallest absolute Gasteiger partial charge is 0.234 e. The van der Waals surface area contributed by atoms with Gasteiger partial charge in [-0.3, -0.25) is 4.79 Å². The summed E-state index contributed by atoms with van der Waals surface area (Å²) in [5.41, 5.74) is 0.682. The van der Waals surface area contributed by atoms with E-state index in [9.17, 15) is 9.18 Å². The first-order chi connectivity index (χ1) is 7.13. The van der Waals surface area contributed by atoms with Crippen molar-refractivity contribution in [2.45, 2.75) is 19.4 Å². The van der Waals surface area contributed by atoms with E-state index >= 15 is 0 Å². The van der Waals surface area contributed by atoms with Crippen LogP contribution in [0.15, 0.2) is 24.3 Å². The third-order valence-electron chi connectivity index (χ3n) is 1.97. The van der Waals surface area contributed by atoms with Crippen molar-refractivity contribution in [2.24, 2.45) is 0 Å². The van der Waals surface area contributed by atoms with Crippen LogP contribution < -0.4 is 5.32 Å². The molecule has 0 fully saturated rings. The molecule has 0 aliphatic heterocycles. The third-order valence-corrected chi connectivity index (χ3v) is 1.97. The van der Waals surface area contributed by atoms with Crippen molar-refractivity contribution < 1.29 is 9.18 Å². The second-order valence-corrected chi connectivity index (χ2v) is 3.18. The van der Waals surface area contributed by atoms with Crippen molar-refractivity contribution in [3.05, 3.63) is 35.6 Å². The summed E-state index contributed by atoms with van der Waals surface area (Å²) >= 11 is 0. The van der Waals surface area contributed by atoms with E-state index in [4.69, 9.17) is 5.26 Å². The maximum atomic E-state index is 12.8. The molecule has 15 heavy (non-hydrogen) atoms. The number of nitrogens with one attached hydrogen (secondary N) is 1. The van der Waals surface area contributed by atoms with Gasteiger partial charge in [0.15, 0.2) is 0 Å². The van der Waals surface area contributed by atoms with E-state index in [1.807, 2.05) is 0 Å². The fourth-order valence-corrected chi connectivity index (χ4v) is 1.22. The molecule has 4 heteroatoms.